The minimum absolute atomic E-state index is 0.00742. The molecule has 1 aliphatic carbocycles. The molecule has 1 rings (SSSR count). The largest absolute Gasteiger partial charge is 0.472 e. The molecule has 13 heteroatoms. The highest BCUT2D eigenvalue weighted by Crippen LogP contribution is 2.43. The number of aliphatic hydroxyl groups is 2. The number of nitrogens with zero attached hydrogens (tertiary/aromatic N) is 1. The van der Waals surface area contributed by atoms with E-state index in [1.54, 1.807) is 12.2 Å². The molecule has 0 aromatic heterocycles. The summed E-state index contributed by atoms with van der Waals surface area (Å²) in [5, 5.41) is 20.8. The third-order valence-corrected chi connectivity index (χ3v) is 11.8. The zero-order valence-corrected chi connectivity index (χ0v) is 38.6. The molecular formula is C46H85NO11P+. The van der Waals surface area contributed by atoms with Crippen LogP contribution in [0.2, 0.25) is 0 Å². The van der Waals surface area contributed by atoms with E-state index in [-0.39, 0.29) is 50.1 Å². The summed E-state index contributed by atoms with van der Waals surface area (Å²) in [6, 6.07) is 0. The highest BCUT2D eigenvalue weighted by Gasteiger charge is 2.39. The van der Waals surface area contributed by atoms with Crippen LogP contribution in [0.5, 0.6) is 0 Å². The first kappa shape index (κ1) is 55.1. The number of hydrogen-bond donors (Lipinski definition) is 3. The van der Waals surface area contributed by atoms with Crippen LogP contribution in [0.4, 0.5) is 0 Å². The van der Waals surface area contributed by atoms with Gasteiger partial charge in [-0.05, 0) is 57.3 Å². The van der Waals surface area contributed by atoms with E-state index in [0.717, 1.165) is 77.0 Å². The van der Waals surface area contributed by atoms with Crippen molar-refractivity contribution in [2.75, 3.05) is 47.5 Å². The number of phosphoric acid groups is 1. The van der Waals surface area contributed by atoms with Crippen molar-refractivity contribution in [2.24, 2.45) is 11.8 Å². The number of phosphoric ester groups is 1. The smallest absolute Gasteiger partial charge is 0.462 e. The summed E-state index contributed by atoms with van der Waals surface area (Å²) in [6.07, 6.45) is 28.4. The summed E-state index contributed by atoms with van der Waals surface area (Å²) in [6.45, 7) is 4.04. The molecule has 1 saturated carbocycles. The maximum Gasteiger partial charge on any atom is 0.472 e. The van der Waals surface area contributed by atoms with Crippen LogP contribution in [0.3, 0.4) is 0 Å². The fraction of sp³-hybridized carbons (Fsp3) is 0.848. The molecule has 0 aromatic rings. The number of quaternary nitrogens is 1. The number of unbranched alkanes of at least 4 members (excludes halogenated alkanes) is 16. The first-order chi connectivity index (χ1) is 28.2. The third kappa shape index (κ3) is 30.7. The lowest BCUT2D eigenvalue weighted by atomic mass is 9.88. The van der Waals surface area contributed by atoms with Crippen molar-refractivity contribution in [1.29, 1.82) is 0 Å². The van der Waals surface area contributed by atoms with E-state index in [0.29, 0.717) is 36.7 Å². The van der Waals surface area contributed by atoms with E-state index in [1.165, 1.54) is 38.5 Å². The predicted octanol–water partition coefficient (Wildman–Crippen LogP) is 9.72. The molecule has 0 spiro atoms. The number of hydrogen-bond acceptors (Lipinski definition) is 10. The van der Waals surface area contributed by atoms with E-state index in [4.69, 9.17) is 18.5 Å². The average molecular weight is 859 g/mol. The zero-order chi connectivity index (χ0) is 43.8. The maximum absolute atomic E-state index is 12.7. The third-order valence-electron chi connectivity index (χ3n) is 10.9. The lowest BCUT2D eigenvalue weighted by Gasteiger charge is -2.24. The molecule has 1 aliphatic rings. The molecule has 1 fully saturated rings. The van der Waals surface area contributed by atoms with Crippen LogP contribution in [0.1, 0.15) is 174 Å². The molecule has 1 unspecified atom stereocenters. The van der Waals surface area contributed by atoms with Crippen molar-refractivity contribution in [3.63, 3.8) is 0 Å². The Balaban J connectivity index is 2.46. The molecular weight excluding hydrogens is 773 g/mol. The monoisotopic (exact) mass is 859 g/mol. The second kappa shape index (κ2) is 33.7. The van der Waals surface area contributed by atoms with E-state index in [1.807, 2.05) is 21.1 Å². The van der Waals surface area contributed by atoms with Crippen molar-refractivity contribution in [3.8, 4) is 0 Å². The molecule has 0 bridgehead atoms. The number of Topliss-reactive ketones (excluding diaryl/α,β-unsaturated/α-hetero) is 1. The van der Waals surface area contributed by atoms with Crippen LogP contribution in [0, 0.1) is 11.8 Å². The van der Waals surface area contributed by atoms with Crippen LogP contribution in [0.25, 0.3) is 0 Å². The van der Waals surface area contributed by atoms with Gasteiger partial charge in [0.25, 0.3) is 0 Å². The highest BCUT2D eigenvalue weighted by molar-refractivity contribution is 7.47. The van der Waals surface area contributed by atoms with Gasteiger partial charge in [-0.15, -0.1) is 0 Å². The molecule has 6 atom stereocenters. The van der Waals surface area contributed by atoms with Gasteiger partial charge in [-0.1, -0.05) is 128 Å². The zero-order valence-electron chi connectivity index (χ0n) is 37.7. The first-order valence-electron chi connectivity index (χ1n) is 23.2. The number of carbonyl (C=O) groups is 3. The predicted molar refractivity (Wildman–Crippen MR) is 235 cm³/mol. The topological polar surface area (TPSA) is 166 Å². The van der Waals surface area contributed by atoms with E-state index >= 15 is 0 Å². The second-order valence-corrected chi connectivity index (χ2v) is 19.0. The molecule has 12 nitrogen and oxygen atoms in total. The van der Waals surface area contributed by atoms with Gasteiger partial charge in [-0.2, -0.15) is 0 Å². The summed E-state index contributed by atoms with van der Waals surface area (Å²) in [7, 11) is 1.34. The lowest BCUT2D eigenvalue weighted by Crippen LogP contribution is -2.37. The number of likely N-dealkylation sites (N-methyl/N-ethyl adjacent to an activating group) is 1. The van der Waals surface area contributed by atoms with Crippen molar-refractivity contribution in [1.82, 2.24) is 0 Å². The molecule has 0 aromatic carbocycles. The van der Waals surface area contributed by atoms with Gasteiger partial charge in [0.1, 0.15) is 25.5 Å². The molecule has 0 aliphatic heterocycles. The number of rotatable bonds is 38. The minimum Gasteiger partial charge on any atom is -0.462 e. The molecule has 0 saturated heterocycles. The van der Waals surface area contributed by atoms with E-state index in [9.17, 15) is 34.1 Å². The number of carbonyl (C=O) groups excluding carboxylic acids is 3. The summed E-state index contributed by atoms with van der Waals surface area (Å²) in [5.41, 5.74) is 0. The van der Waals surface area contributed by atoms with Crippen LogP contribution in [0.15, 0.2) is 24.3 Å². The van der Waals surface area contributed by atoms with Crippen molar-refractivity contribution < 1.29 is 57.1 Å². The van der Waals surface area contributed by atoms with Gasteiger partial charge in [0, 0.05) is 25.2 Å². The quantitative estimate of drug-likeness (QED) is 0.0178. The summed E-state index contributed by atoms with van der Waals surface area (Å²) in [5.74, 6) is -1.52. The Hall–Kier alpha value is -1.92. The number of allylic oxidation sites excluding steroid dienone is 3. The Morgan fingerprint density at radius 2 is 1.34 bits per heavy atom. The van der Waals surface area contributed by atoms with Crippen LogP contribution >= 0.6 is 7.82 Å². The van der Waals surface area contributed by atoms with Gasteiger partial charge in [0.05, 0.1) is 40.0 Å². The normalized spacial score (nSPS) is 19.4. The Morgan fingerprint density at radius 3 is 1.97 bits per heavy atom. The van der Waals surface area contributed by atoms with Gasteiger partial charge in [-0.3, -0.25) is 23.4 Å². The number of esters is 2. The Bertz CT molecular complexity index is 1220. The molecule has 0 radical (unpaired) electrons. The maximum atomic E-state index is 12.7. The fourth-order valence-electron chi connectivity index (χ4n) is 7.15. The SMILES string of the molecule is CCCCCCCC/C=C\CCCCCCCC(=O)O[C@H](COC(=O)CCCCCC[C@H]1[C@@H](O)CC(=O)[C@@H]1/C=C/[C@@H](O)CCCCC)COP(=O)(O)OCC[N+](C)(C)C. The number of ketones is 1. The van der Waals surface area contributed by atoms with Crippen molar-refractivity contribution >= 4 is 25.5 Å². The van der Waals surface area contributed by atoms with E-state index < -0.39 is 44.7 Å². The summed E-state index contributed by atoms with van der Waals surface area (Å²) in [4.78, 5) is 48.1. The second-order valence-electron chi connectivity index (χ2n) is 17.6. The van der Waals surface area contributed by atoms with Gasteiger partial charge in [-0.25, -0.2) is 4.57 Å². The molecule has 0 amide bonds. The first-order valence-corrected chi connectivity index (χ1v) is 24.7. The fourth-order valence-corrected chi connectivity index (χ4v) is 7.89. The minimum atomic E-state index is -4.43. The summed E-state index contributed by atoms with van der Waals surface area (Å²) < 4.78 is 34.3. The Labute approximate surface area is 358 Å². The molecule has 0 heterocycles. The Morgan fingerprint density at radius 1 is 0.780 bits per heavy atom. The standard InChI is InChI=1S/C46H84NO11P/c1-6-8-10-11-12-13-14-15-16-17-18-19-20-21-27-31-46(52)58-40(38-57-59(53,54)56-35-34-47(3,4)5)37-55-45(51)30-26-23-22-25-29-41-42(44(50)36-43(41)49)33-32-39(48)28-24-9-7-2/h15-16,32-33,39-43,48-49H,6-14,17-31,34-38H2,1-5H3/p+1/b16-15-,33-32+/t39-,40+,41+,42+,43-/m0/s1. The Kier molecular flexibility index (Phi) is 31.4. The number of aliphatic hydroxyl groups excluding tert-OH is 2. The van der Waals surface area contributed by atoms with Gasteiger partial charge >= 0.3 is 19.8 Å². The van der Waals surface area contributed by atoms with Crippen molar-refractivity contribution in [2.45, 2.75) is 193 Å². The molecule has 344 valence electrons. The highest BCUT2D eigenvalue weighted by atomic mass is 31.2. The van der Waals surface area contributed by atoms with Crippen LogP contribution < -0.4 is 0 Å². The summed E-state index contributed by atoms with van der Waals surface area (Å²) >= 11 is 0. The van der Waals surface area contributed by atoms with Gasteiger partial charge < -0.3 is 29.1 Å². The number of ether oxygens (including phenoxy) is 2. The lowest BCUT2D eigenvalue weighted by molar-refractivity contribution is -0.870. The van der Waals surface area contributed by atoms with Crippen LogP contribution in [-0.2, 0) is 37.5 Å². The van der Waals surface area contributed by atoms with Gasteiger partial charge in [0.2, 0.25) is 0 Å². The average Bonchev–Trinajstić information content (AvgIpc) is 3.44. The molecule has 59 heavy (non-hydrogen) atoms. The van der Waals surface area contributed by atoms with E-state index in [2.05, 4.69) is 26.0 Å². The van der Waals surface area contributed by atoms with Gasteiger partial charge in [0.15, 0.2) is 6.10 Å². The van der Waals surface area contributed by atoms with Crippen LogP contribution in [-0.4, -0.2) is 103 Å². The van der Waals surface area contributed by atoms with Crippen molar-refractivity contribution in [3.05, 3.63) is 24.3 Å². The molecule has 3 N–H and O–H groups in total.